The number of rotatable bonds is 7. The van der Waals surface area contributed by atoms with Crippen LogP contribution in [0.3, 0.4) is 0 Å². The molecule has 0 saturated heterocycles. The Morgan fingerprint density at radius 1 is 1.45 bits per heavy atom. The summed E-state index contributed by atoms with van der Waals surface area (Å²) in [5.74, 6) is -0.274. The van der Waals surface area contributed by atoms with Gasteiger partial charge in [-0.05, 0) is 18.6 Å². The predicted molar refractivity (Wildman–Crippen MR) is 76.5 cm³/mol. The second-order valence-corrected chi connectivity index (χ2v) is 6.16. The monoisotopic (exact) mass is 324 g/mol. The minimum atomic E-state index is -3.92. The van der Waals surface area contributed by atoms with E-state index in [4.69, 9.17) is 18.0 Å². The second-order valence-electron chi connectivity index (χ2n) is 3.82. The van der Waals surface area contributed by atoms with Crippen molar-refractivity contribution in [3.8, 4) is 5.75 Å². The molecule has 0 fully saturated rings. The number of alkyl halides is 2. The van der Waals surface area contributed by atoms with E-state index in [1.54, 1.807) is 6.92 Å². The van der Waals surface area contributed by atoms with Crippen LogP contribution in [0.1, 0.15) is 13.3 Å². The minimum absolute atomic E-state index is 0.0949. The number of anilines is 1. The van der Waals surface area contributed by atoms with Crippen LogP contribution in [-0.2, 0) is 10.0 Å². The first-order chi connectivity index (χ1) is 9.27. The fourth-order valence-electron chi connectivity index (χ4n) is 1.55. The van der Waals surface area contributed by atoms with Crippen molar-refractivity contribution in [3.05, 3.63) is 24.3 Å². The molecule has 1 rings (SSSR count). The molecule has 0 saturated carbocycles. The maximum atomic E-state index is 12.2. The fraction of sp³-hybridized carbons (Fsp3) is 0.364. The van der Waals surface area contributed by atoms with Gasteiger partial charge in [-0.2, -0.15) is 8.78 Å². The van der Waals surface area contributed by atoms with Crippen molar-refractivity contribution in [2.45, 2.75) is 25.2 Å². The maximum Gasteiger partial charge on any atom is 0.387 e. The predicted octanol–water partition coefficient (Wildman–Crippen LogP) is 2.09. The summed E-state index contributed by atoms with van der Waals surface area (Å²) in [5.41, 5.74) is 5.27. The first-order valence-corrected chi connectivity index (χ1v) is 7.58. The van der Waals surface area contributed by atoms with Gasteiger partial charge in [-0.1, -0.05) is 31.3 Å². The smallest absolute Gasteiger partial charge is 0.387 e. The molecule has 1 unspecified atom stereocenters. The lowest BCUT2D eigenvalue weighted by Gasteiger charge is -2.17. The van der Waals surface area contributed by atoms with Gasteiger partial charge in [0.15, 0.2) is 0 Å². The molecule has 1 atom stereocenters. The highest BCUT2D eigenvalue weighted by Crippen LogP contribution is 2.27. The van der Waals surface area contributed by atoms with Gasteiger partial charge in [0.05, 0.1) is 10.7 Å². The number of para-hydroxylation sites is 2. The topological polar surface area (TPSA) is 81.4 Å². The molecule has 0 aliphatic carbocycles. The van der Waals surface area contributed by atoms with Gasteiger partial charge in [0, 0.05) is 0 Å². The average Bonchev–Trinajstić information content (AvgIpc) is 2.30. The zero-order chi connectivity index (χ0) is 15.3. The van der Waals surface area contributed by atoms with Crippen LogP contribution in [0, 0.1) is 0 Å². The van der Waals surface area contributed by atoms with Gasteiger partial charge in [-0.15, -0.1) is 0 Å². The number of hydrogen-bond acceptors (Lipinski definition) is 4. The molecule has 0 aliphatic heterocycles. The summed E-state index contributed by atoms with van der Waals surface area (Å²) in [5, 5.41) is -1.09. The highest BCUT2D eigenvalue weighted by molar-refractivity contribution is 7.95. The average molecular weight is 324 g/mol. The molecule has 1 aromatic carbocycles. The van der Waals surface area contributed by atoms with Crippen LogP contribution in [0.15, 0.2) is 24.3 Å². The van der Waals surface area contributed by atoms with E-state index in [9.17, 15) is 17.2 Å². The Kier molecular flexibility index (Phi) is 5.63. The lowest BCUT2D eigenvalue weighted by Crippen LogP contribution is -2.37. The number of hydrogen-bond donors (Lipinski definition) is 2. The summed E-state index contributed by atoms with van der Waals surface area (Å²) in [6.07, 6.45) is 0.169. The van der Waals surface area contributed by atoms with Crippen LogP contribution in [0.4, 0.5) is 14.5 Å². The Morgan fingerprint density at radius 2 is 2.05 bits per heavy atom. The van der Waals surface area contributed by atoms with Crippen LogP contribution < -0.4 is 15.2 Å². The Labute approximate surface area is 121 Å². The molecule has 9 heteroatoms. The third kappa shape index (κ3) is 4.27. The largest absolute Gasteiger partial charge is 0.433 e. The van der Waals surface area contributed by atoms with E-state index in [0.717, 1.165) is 0 Å². The summed E-state index contributed by atoms with van der Waals surface area (Å²) >= 11 is 4.69. The molecule has 0 aromatic heterocycles. The Morgan fingerprint density at radius 3 is 2.55 bits per heavy atom. The summed E-state index contributed by atoms with van der Waals surface area (Å²) < 4.78 is 55.1. The van der Waals surface area contributed by atoms with Crippen LogP contribution in [0.5, 0.6) is 5.75 Å². The fourth-order valence-corrected chi connectivity index (χ4v) is 3.46. The zero-order valence-electron chi connectivity index (χ0n) is 10.5. The van der Waals surface area contributed by atoms with Gasteiger partial charge in [0.25, 0.3) is 0 Å². The van der Waals surface area contributed by atoms with E-state index >= 15 is 0 Å². The number of halogens is 2. The molecule has 0 heterocycles. The minimum Gasteiger partial charge on any atom is -0.433 e. The van der Waals surface area contributed by atoms with Crippen molar-refractivity contribution >= 4 is 32.9 Å². The second kappa shape index (κ2) is 6.80. The Balaban J connectivity index is 3.06. The molecule has 0 spiro atoms. The Bertz CT molecular complexity index is 579. The van der Waals surface area contributed by atoms with E-state index in [-0.39, 0.29) is 22.8 Å². The van der Waals surface area contributed by atoms with Crippen molar-refractivity contribution in [2.75, 3.05) is 4.72 Å². The molecule has 1 aromatic rings. The van der Waals surface area contributed by atoms with Crippen LogP contribution in [-0.4, -0.2) is 25.3 Å². The number of ether oxygens (including phenoxy) is 1. The van der Waals surface area contributed by atoms with E-state index in [2.05, 4.69) is 9.46 Å². The summed E-state index contributed by atoms with van der Waals surface area (Å²) in [4.78, 5) is -0.188. The van der Waals surface area contributed by atoms with Gasteiger partial charge in [0.1, 0.15) is 11.0 Å². The SMILES string of the molecule is CCC(C(N)=S)S(=O)(=O)Nc1ccccc1OC(F)F. The molecule has 112 valence electrons. The van der Waals surface area contributed by atoms with Gasteiger partial charge < -0.3 is 10.5 Å². The van der Waals surface area contributed by atoms with Gasteiger partial charge in [-0.25, -0.2) is 8.42 Å². The third-order valence-corrected chi connectivity index (χ3v) is 4.69. The first-order valence-electron chi connectivity index (χ1n) is 5.62. The molecule has 0 amide bonds. The molecule has 5 nitrogen and oxygen atoms in total. The third-order valence-electron chi connectivity index (χ3n) is 2.42. The van der Waals surface area contributed by atoms with Crippen molar-refractivity contribution in [1.82, 2.24) is 0 Å². The number of sulfonamides is 1. The maximum absolute atomic E-state index is 12.2. The quantitative estimate of drug-likeness (QED) is 0.751. The van der Waals surface area contributed by atoms with Crippen molar-refractivity contribution in [3.63, 3.8) is 0 Å². The van der Waals surface area contributed by atoms with E-state index in [0.29, 0.717) is 0 Å². The van der Waals surface area contributed by atoms with Crippen LogP contribution in [0.25, 0.3) is 0 Å². The summed E-state index contributed by atoms with van der Waals surface area (Å²) in [6.45, 7) is -1.46. The number of nitrogens with one attached hydrogen (secondary N) is 1. The van der Waals surface area contributed by atoms with Gasteiger partial charge in [0.2, 0.25) is 10.0 Å². The normalized spacial score (nSPS) is 13.0. The Hall–Kier alpha value is -1.48. The summed E-state index contributed by atoms with van der Waals surface area (Å²) in [7, 11) is -3.92. The van der Waals surface area contributed by atoms with E-state index < -0.39 is 21.9 Å². The molecule has 20 heavy (non-hydrogen) atoms. The van der Waals surface area contributed by atoms with Gasteiger partial charge >= 0.3 is 6.61 Å². The van der Waals surface area contributed by atoms with Crippen molar-refractivity contribution in [1.29, 1.82) is 0 Å². The van der Waals surface area contributed by atoms with Crippen molar-refractivity contribution in [2.24, 2.45) is 5.73 Å². The number of benzene rings is 1. The van der Waals surface area contributed by atoms with E-state index in [1.807, 2.05) is 0 Å². The number of thiocarbonyl (C=S) groups is 1. The first kappa shape index (κ1) is 16.6. The molecule has 0 radical (unpaired) electrons. The van der Waals surface area contributed by atoms with Crippen LogP contribution in [0.2, 0.25) is 0 Å². The molecule has 0 aliphatic rings. The molecular formula is C11H14F2N2O3S2. The lowest BCUT2D eigenvalue weighted by atomic mass is 10.3. The molecular weight excluding hydrogens is 310 g/mol. The van der Waals surface area contributed by atoms with Gasteiger partial charge in [-0.3, -0.25) is 4.72 Å². The zero-order valence-corrected chi connectivity index (χ0v) is 12.2. The number of nitrogens with two attached hydrogens (primary N) is 1. The van der Waals surface area contributed by atoms with Crippen molar-refractivity contribution < 1.29 is 21.9 Å². The standard InChI is InChI=1S/C11H14F2N2O3S2/c1-2-9(10(14)19)20(16,17)15-7-5-3-4-6-8(7)18-11(12)13/h3-6,9,11,15H,2H2,1H3,(H2,14,19). The van der Waals surface area contributed by atoms with E-state index in [1.165, 1.54) is 24.3 Å². The van der Waals surface area contributed by atoms with Crippen LogP contribution >= 0.6 is 12.2 Å². The highest BCUT2D eigenvalue weighted by atomic mass is 32.2. The molecule has 3 N–H and O–H groups in total. The highest BCUT2D eigenvalue weighted by Gasteiger charge is 2.27. The summed E-state index contributed by atoms with van der Waals surface area (Å²) in [6, 6.07) is 5.46. The molecule has 0 bridgehead atoms. The lowest BCUT2D eigenvalue weighted by molar-refractivity contribution is -0.0493.